The van der Waals surface area contributed by atoms with Gasteiger partial charge in [-0.2, -0.15) is 0 Å². The first kappa shape index (κ1) is 12.5. The molecule has 2 rings (SSSR count). The fraction of sp³-hybridized carbons (Fsp3) is 0.286. The number of hydrogen-bond acceptors (Lipinski definition) is 4. The summed E-state index contributed by atoms with van der Waals surface area (Å²) >= 11 is 0. The van der Waals surface area contributed by atoms with Crippen molar-refractivity contribution in [2.45, 2.75) is 19.6 Å². The highest BCUT2D eigenvalue weighted by Crippen LogP contribution is 2.24. The molecular weight excluding hydrogens is 226 g/mol. The summed E-state index contributed by atoms with van der Waals surface area (Å²) in [5, 5.41) is 3.21. The van der Waals surface area contributed by atoms with E-state index in [9.17, 15) is 0 Å². The second-order valence-corrected chi connectivity index (χ2v) is 4.00. The highest BCUT2D eigenvalue weighted by Gasteiger charge is 2.09. The lowest BCUT2D eigenvalue weighted by Crippen LogP contribution is -2.14. The minimum Gasteiger partial charge on any atom is -0.485 e. The molecule has 0 spiro atoms. The van der Waals surface area contributed by atoms with E-state index in [0.717, 1.165) is 11.3 Å². The lowest BCUT2D eigenvalue weighted by atomic mass is 10.1. The Morgan fingerprint density at radius 2 is 1.89 bits per heavy atom. The van der Waals surface area contributed by atoms with Gasteiger partial charge in [0.15, 0.2) is 5.82 Å². The molecule has 1 atom stereocenters. The average molecular weight is 243 g/mol. The third-order valence-corrected chi connectivity index (χ3v) is 2.79. The van der Waals surface area contributed by atoms with E-state index in [1.807, 2.05) is 25.2 Å². The van der Waals surface area contributed by atoms with Crippen molar-refractivity contribution in [2.75, 3.05) is 7.05 Å². The second-order valence-electron chi connectivity index (χ2n) is 4.00. The minimum absolute atomic E-state index is 0.248. The maximum Gasteiger partial charge on any atom is 0.166 e. The molecule has 0 saturated carbocycles. The van der Waals surface area contributed by atoms with Gasteiger partial charge in [-0.05, 0) is 26.1 Å². The van der Waals surface area contributed by atoms with E-state index in [4.69, 9.17) is 4.74 Å². The summed E-state index contributed by atoms with van der Waals surface area (Å²) < 4.78 is 5.78. The van der Waals surface area contributed by atoms with Crippen LogP contribution in [-0.2, 0) is 6.61 Å². The lowest BCUT2D eigenvalue weighted by molar-refractivity contribution is 0.290. The highest BCUT2D eigenvalue weighted by molar-refractivity contribution is 5.35. The van der Waals surface area contributed by atoms with Crippen LogP contribution in [0.5, 0.6) is 5.75 Å². The zero-order valence-corrected chi connectivity index (χ0v) is 10.6. The molecule has 0 amide bonds. The number of aromatic nitrogens is 2. The predicted octanol–water partition coefficient (Wildman–Crippen LogP) is 2.34. The first-order chi connectivity index (χ1) is 8.81. The lowest BCUT2D eigenvalue weighted by Gasteiger charge is -2.15. The molecular formula is C14H17N3O. The molecule has 2 aromatic rings. The summed E-state index contributed by atoms with van der Waals surface area (Å²) in [5.74, 6) is 1.55. The molecule has 0 radical (unpaired) electrons. The fourth-order valence-electron chi connectivity index (χ4n) is 1.67. The van der Waals surface area contributed by atoms with Crippen molar-refractivity contribution in [1.82, 2.24) is 15.3 Å². The Morgan fingerprint density at radius 3 is 2.61 bits per heavy atom. The minimum atomic E-state index is 0.248. The van der Waals surface area contributed by atoms with Gasteiger partial charge < -0.3 is 10.1 Å². The zero-order chi connectivity index (χ0) is 12.8. The van der Waals surface area contributed by atoms with Crippen LogP contribution in [0.4, 0.5) is 0 Å². The molecule has 0 aliphatic carbocycles. The van der Waals surface area contributed by atoms with E-state index in [-0.39, 0.29) is 6.04 Å². The van der Waals surface area contributed by atoms with Crippen LogP contribution in [0, 0.1) is 0 Å². The molecule has 4 nitrogen and oxygen atoms in total. The Morgan fingerprint density at radius 1 is 1.17 bits per heavy atom. The first-order valence-corrected chi connectivity index (χ1v) is 5.96. The summed E-state index contributed by atoms with van der Waals surface area (Å²) in [6, 6.07) is 10.0. The largest absolute Gasteiger partial charge is 0.485 e. The van der Waals surface area contributed by atoms with E-state index in [2.05, 4.69) is 28.3 Å². The van der Waals surface area contributed by atoms with Crippen LogP contribution in [0.1, 0.15) is 24.4 Å². The second kappa shape index (κ2) is 6.12. The maximum absolute atomic E-state index is 5.78. The number of rotatable bonds is 5. The van der Waals surface area contributed by atoms with Crippen LogP contribution in [0.3, 0.4) is 0 Å². The van der Waals surface area contributed by atoms with Crippen LogP contribution in [0.15, 0.2) is 42.7 Å². The molecule has 0 fully saturated rings. The van der Waals surface area contributed by atoms with Crippen molar-refractivity contribution in [1.29, 1.82) is 0 Å². The van der Waals surface area contributed by atoms with Crippen molar-refractivity contribution in [2.24, 2.45) is 0 Å². The molecule has 0 aliphatic heterocycles. The molecule has 18 heavy (non-hydrogen) atoms. The monoisotopic (exact) mass is 243 g/mol. The van der Waals surface area contributed by atoms with E-state index < -0.39 is 0 Å². The average Bonchev–Trinajstić information content (AvgIpc) is 2.45. The van der Waals surface area contributed by atoms with Crippen LogP contribution in [0.25, 0.3) is 0 Å². The Balaban J connectivity index is 2.10. The summed E-state index contributed by atoms with van der Waals surface area (Å²) in [6.45, 7) is 2.48. The first-order valence-electron chi connectivity index (χ1n) is 5.96. The molecule has 94 valence electrons. The third kappa shape index (κ3) is 3.05. The third-order valence-electron chi connectivity index (χ3n) is 2.79. The SMILES string of the molecule is CNC(C)c1ccccc1OCc1ncccn1. The topological polar surface area (TPSA) is 47.0 Å². The molecule has 0 bridgehead atoms. The van der Waals surface area contributed by atoms with Gasteiger partial charge in [-0.15, -0.1) is 0 Å². The fourth-order valence-corrected chi connectivity index (χ4v) is 1.67. The normalized spacial score (nSPS) is 12.1. The van der Waals surface area contributed by atoms with Crippen molar-refractivity contribution >= 4 is 0 Å². The van der Waals surface area contributed by atoms with Crippen LogP contribution >= 0.6 is 0 Å². The van der Waals surface area contributed by atoms with Crippen LogP contribution in [-0.4, -0.2) is 17.0 Å². The summed E-state index contributed by atoms with van der Waals surface area (Å²) in [7, 11) is 1.93. The number of ether oxygens (including phenoxy) is 1. The Bertz CT molecular complexity index is 487. The van der Waals surface area contributed by atoms with E-state index in [0.29, 0.717) is 12.4 Å². The smallest absolute Gasteiger partial charge is 0.166 e. The molecule has 1 heterocycles. The molecule has 1 aromatic carbocycles. The highest BCUT2D eigenvalue weighted by atomic mass is 16.5. The molecule has 1 N–H and O–H groups in total. The van der Waals surface area contributed by atoms with Gasteiger partial charge in [-0.1, -0.05) is 18.2 Å². The maximum atomic E-state index is 5.78. The summed E-state index contributed by atoms with van der Waals surface area (Å²) in [4.78, 5) is 8.27. The summed E-state index contributed by atoms with van der Waals surface area (Å²) in [5.41, 5.74) is 1.14. The van der Waals surface area contributed by atoms with Gasteiger partial charge in [0, 0.05) is 24.0 Å². The van der Waals surface area contributed by atoms with Crippen LogP contribution in [0.2, 0.25) is 0 Å². The van der Waals surface area contributed by atoms with Gasteiger partial charge in [0.05, 0.1) is 0 Å². The van der Waals surface area contributed by atoms with Crippen molar-refractivity contribution in [3.8, 4) is 5.75 Å². The van der Waals surface area contributed by atoms with Gasteiger partial charge in [0.2, 0.25) is 0 Å². The molecule has 1 aromatic heterocycles. The number of hydrogen-bond donors (Lipinski definition) is 1. The van der Waals surface area contributed by atoms with E-state index in [1.54, 1.807) is 18.5 Å². The van der Waals surface area contributed by atoms with Gasteiger partial charge >= 0.3 is 0 Å². The number of para-hydroxylation sites is 1. The Hall–Kier alpha value is -1.94. The van der Waals surface area contributed by atoms with E-state index in [1.165, 1.54) is 0 Å². The predicted molar refractivity (Wildman–Crippen MR) is 70.3 cm³/mol. The molecule has 1 unspecified atom stereocenters. The molecule has 0 aliphatic rings. The van der Waals surface area contributed by atoms with Crippen molar-refractivity contribution in [3.05, 3.63) is 54.1 Å². The quantitative estimate of drug-likeness (QED) is 0.875. The number of nitrogens with one attached hydrogen (secondary N) is 1. The van der Waals surface area contributed by atoms with Crippen LogP contribution < -0.4 is 10.1 Å². The van der Waals surface area contributed by atoms with E-state index >= 15 is 0 Å². The zero-order valence-electron chi connectivity index (χ0n) is 10.6. The standard InChI is InChI=1S/C14H17N3O/c1-11(15-2)12-6-3-4-7-13(12)18-10-14-16-8-5-9-17-14/h3-9,11,15H,10H2,1-2H3. The van der Waals surface area contributed by atoms with Gasteiger partial charge in [-0.25, -0.2) is 9.97 Å². The molecule has 4 heteroatoms. The van der Waals surface area contributed by atoms with Gasteiger partial charge in [-0.3, -0.25) is 0 Å². The van der Waals surface area contributed by atoms with Gasteiger partial charge in [0.25, 0.3) is 0 Å². The number of nitrogens with zero attached hydrogens (tertiary/aromatic N) is 2. The Kier molecular flexibility index (Phi) is 4.25. The Labute approximate surface area is 107 Å². The molecule has 0 saturated heterocycles. The summed E-state index contributed by atoms with van der Waals surface area (Å²) in [6.07, 6.45) is 3.43. The van der Waals surface area contributed by atoms with Crippen molar-refractivity contribution < 1.29 is 4.74 Å². The van der Waals surface area contributed by atoms with Crippen molar-refractivity contribution in [3.63, 3.8) is 0 Å². The van der Waals surface area contributed by atoms with Gasteiger partial charge in [0.1, 0.15) is 12.4 Å². The number of benzene rings is 1.